The Morgan fingerprint density at radius 1 is 1.23 bits per heavy atom. The van der Waals surface area contributed by atoms with Gasteiger partial charge in [0.25, 0.3) is 0 Å². The summed E-state index contributed by atoms with van der Waals surface area (Å²) < 4.78 is 0. The van der Waals surface area contributed by atoms with Gasteiger partial charge in [-0.2, -0.15) is 0 Å². The van der Waals surface area contributed by atoms with Crippen LogP contribution in [0.3, 0.4) is 0 Å². The van der Waals surface area contributed by atoms with Gasteiger partial charge in [0.1, 0.15) is 5.82 Å². The van der Waals surface area contributed by atoms with Gasteiger partial charge in [-0.25, -0.2) is 4.98 Å². The van der Waals surface area contributed by atoms with E-state index in [0.29, 0.717) is 0 Å². The molecule has 0 unspecified atom stereocenters. The molecule has 1 N–H and O–H groups in total. The molecule has 0 fully saturated rings. The van der Waals surface area contributed by atoms with Gasteiger partial charge in [0, 0.05) is 18.3 Å². The van der Waals surface area contributed by atoms with E-state index in [4.69, 9.17) is 0 Å². The number of H-pyrrole nitrogens is 1. The number of aryl methyl sites for hydroxylation is 1. The lowest BCUT2D eigenvalue weighted by Crippen LogP contribution is -1.87. The Kier molecular flexibility index (Phi) is 2.13. The third kappa shape index (κ3) is 1.96. The number of rotatable bonds is 2. The smallest absolute Gasteiger partial charge is 0.103 e. The van der Waals surface area contributed by atoms with Crippen LogP contribution in [0.25, 0.3) is 0 Å². The van der Waals surface area contributed by atoms with E-state index in [1.165, 1.54) is 11.3 Å². The van der Waals surface area contributed by atoms with Gasteiger partial charge in [-0.1, -0.05) is 30.3 Å². The maximum absolute atomic E-state index is 4.16. The molecule has 0 aliphatic carbocycles. The maximum Gasteiger partial charge on any atom is 0.103 e. The third-order valence-corrected chi connectivity index (χ3v) is 1.99. The van der Waals surface area contributed by atoms with Crippen molar-refractivity contribution in [2.75, 3.05) is 0 Å². The van der Waals surface area contributed by atoms with Crippen LogP contribution in [-0.4, -0.2) is 9.97 Å². The lowest BCUT2D eigenvalue weighted by Gasteiger charge is -1.96. The van der Waals surface area contributed by atoms with Crippen LogP contribution in [0, 0.1) is 6.92 Å². The highest BCUT2D eigenvalue weighted by Crippen LogP contribution is 2.06. The summed E-state index contributed by atoms with van der Waals surface area (Å²) in [6.45, 7) is 1.97. The van der Waals surface area contributed by atoms with Crippen molar-refractivity contribution in [1.29, 1.82) is 0 Å². The topological polar surface area (TPSA) is 28.7 Å². The first kappa shape index (κ1) is 8.05. The van der Waals surface area contributed by atoms with Gasteiger partial charge >= 0.3 is 0 Å². The number of hydrogen-bond acceptors (Lipinski definition) is 1. The fourth-order valence-electron chi connectivity index (χ4n) is 1.38. The Morgan fingerprint density at radius 2 is 2.00 bits per heavy atom. The molecule has 0 amide bonds. The first-order valence-corrected chi connectivity index (χ1v) is 4.39. The van der Waals surface area contributed by atoms with Gasteiger partial charge in [0.05, 0.1) is 0 Å². The number of imidazole rings is 1. The zero-order chi connectivity index (χ0) is 9.10. The number of aromatic nitrogens is 2. The van der Waals surface area contributed by atoms with Crippen LogP contribution in [0.15, 0.2) is 36.5 Å². The highest BCUT2D eigenvalue weighted by molar-refractivity contribution is 5.20. The fraction of sp³-hybridized carbons (Fsp3) is 0.182. The predicted octanol–water partition coefficient (Wildman–Crippen LogP) is 2.31. The van der Waals surface area contributed by atoms with Crippen LogP contribution >= 0.6 is 0 Å². The zero-order valence-corrected chi connectivity index (χ0v) is 7.62. The van der Waals surface area contributed by atoms with Crippen LogP contribution in [-0.2, 0) is 6.42 Å². The first-order valence-electron chi connectivity index (χ1n) is 4.39. The Morgan fingerprint density at radius 3 is 2.62 bits per heavy atom. The quantitative estimate of drug-likeness (QED) is 0.739. The van der Waals surface area contributed by atoms with Crippen LogP contribution < -0.4 is 0 Å². The number of nitrogens with zero attached hydrogens (tertiary/aromatic N) is 1. The second-order valence-corrected chi connectivity index (χ2v) is 3.16. The summed E-state index contributed by atoms with van der Waals surface area (Å²) >= 11 is 0. The molecule has 0 atom stereocenters. The highest BCUT2D eigenvalue weighted by Gasteiger charge is 1.97. The SMILES string of the molecule is Cc1ncc(Cc2ccccc2)[nH]1. The Bertz CT molecular complexity index is 376. The van der Waals surface area contributed by atoms with E-state index in [1.807, 2.05) is 19.2 Å². The van der Waals surface area contributed by atoms with E-state index < -0.39 is 0 Å². The summed E-state index contributed by atoms with van der Waals surface area (Å²) in [6.07, 6.45) is 2.82. The largest absolute Gasteiger partial charge is 0.346 e. The van der Waals surface area contributed by atoms with Crippen molar-refractivity contribution in [3.63, 3.8) is 0 Å². The third-order valence-electron chi connectivity index (χ3n) is 1.99. The molecule has 2 rings (SSSR count). The number of aromatic amines is 1. The molecule has 0 spiro atoms. The minimum absolute atomic E-state index is 0.932. The molecule has 0 saturated carbocycles. The molecule has 0 saturated heterocycles. The molecule has 2 nitrogen and oxygen atoms in total. The average molecular weight is 172 g/mol. The number of benzene rings is 1. The Hall–Kier alpha value is -1.57. The predicted molar refractivity (Wildman–Crippen MR) is 52.6 cm³/mol. The lowest BCUT2D eigenvalue weighted by molar-refractivity contribution is 1.07. The highest BCUT2D eigenvalue weighted by atomic mass is 14.9. The second kappa shape index (κ2) is 3.44. The van der Waals surface area contributed by atoms with Crippen molar-refractivity contribution in [2.45, 2.75) is 13.3 Å². The van der Waals surface area contributed by atoms with Crippen molar-refractivity contribution >= 4 is 0 Å². The van der Waals surface area contributed by atoms with Gasteiger partial charge in [-0.05, 0) is 12.5 Å². The molecule has 0 aliphatic heterocycles. The minimum atomic E-state index is 0.932. The molecule has 1 aromatic carbocycles. The van der Waals surface area contributed by atoms with Crippen molar-refractivity contribution in [1.82, 2.24) is 9.97 Å². The van der Waals surface area contributed by atoms with E-state index in [2.05, 4.69) is 34.2 Å². The summed E-state index contributed by atoms with van der Waals surface area (Å²) in [5, 5.41) is 0. The summed E-state index contributed by atoms with van der Waals surface area (Å²) in [6, 6.07) is 10.4. The summed E-state index contributed by atoms with van der Waals surface area (Å²) in [5.74, 6) is 0.978. The standard InChI is InChI=1S/C11H12N2/c1-9-12-8-11(13-9)7-10-5-3-2-4-6-10/h2-6,8H,7H2,1H3,(H,12,13). The van der Waals surface area contributed by atoms with Gasteiger partial charge < -0.3 is 4.98 Å². The summed E-state index contributed by atoms with van der Waals surface area (Å²) in [5.41, 5.74) is 2.48. The average Bonchev–Trinajstić information content (AvgIpc) is 2.53. The van der Waals surface area contributed by atoms with Gasteiger partial charge in [0.15, 0.2) is 0 Å². The number of nitrogens with one attached hydrogen (secondary N) is 1. The van der Waals surface area contributed by atoms with Gasteiger partial charge in [0.2, 0.25) is 0 Å². The van der Waals surface area contributed by atoms with Crippen LogP contribution in [0.4, 0.5) is 0 Å². The lowest BCUT2D eigenvalue weighted by atomic mass is 10.1. The van der Waals surface area contributed by atoms with E-state index >= 15 is 0 Å². The molecule has 2 aromatic rings. The molecule has 13 heavy (non-hydrogen) atoms. The van der Waals surface area contributed by atoms with E-state index in [1.54, 1.807) is 0 Å². The molecule has 0 aliphatic rings. The van der Waals surface area contributed by atoms with Crippen LogP contribution in [0.5, 0.6) is 0 Å². The summed E-state index contributed by atoms with van der Waals surface area (Å²) in [4.78, 5) is 7.37. The van der Waals surface area contributed by atoms with Crippen molar-refractivity contribution in [3.05, 3.63) is 53.6 Å². The minimum Gasteiger partial charge on any atom is -0.346 e. The molecule has 0 radical (unpaired) electrons. The van der Waals surface area contributed by atoms with Crippen LogP contribution in [0.2, 0.25) is 0 Å². The van der Waals surface area contributed by atoms with Gasteiger partial charge in [-0.15, -0.1) is 0 Å². The van der Waals surface area contributed by atoms with Crippen LogP contribution in [0.1, 0.15) is 17.1 Å². The fourth-order valence-corrected chi connectivity index (χ4v) is 1.38. The normalized spacial score (nSPS) is 10.2. The molecule has 66 valence electrons. The van der Waals surface area contributed by atoms with E-state index in [-0.39, 0.29) is 0 Å². The Balaban J connectivity index is 2.15. The summed E-state index contributed by atoms with van der Waals surface area (Å²) in [7, 11) is 0. The molecule has 2 heteroatoms. The first-order chi connectivity index (χ1) is 6.34. The van der Waals surface area contributed by atoms with E-state index in [0.717, 1.165) is 12.2 Å². The molecule has 1 heterocycles. The molecular weight excluding hydrogens is 160 g/mol. The second-order valence-electron chi connectivity index (χ2n) is 3.16. The maximum atomic E-state index is 4.16. The van der Waals surface area contributed by atoms with Crippen molar-refractivity contribution in [2.24, 2.45) is 0 Å². The van der Waals surface area contributed by atoms with Crippen molar-refractivity contribution < 1.29 is 0 Å². The molecule has 1 aromatic heterocycles. The monoisotopic (exact) mass is 172 g/mol. The van der Waals surface area contributed by atoms with Crippen molar-refractivity contribution in [3.8, 4) is 0 Å². The molecule has 0 bridgehead atoms. The van der Waals surface area contributed by atoms with E-state index in [9.17, 15) is 0 Å². The zero-order valence-electron chi connectivity index (χ0n) is 7.62. The van der Waals surface area contributed by atoms with Gasteiger partial charge in [-0.3, -0.25) is 0 Å². The Labute approximate surface area is 77.6 Å². The number of hydrogen-bond donors (Lipinski definition) is 1. The molecular formula is C11H12N2.